The Hall–Kier alpha value is -1.71. The number of nitrogens with one attached hydrogen (secondary N) is 2. The summed E-state index contributed by atoms with van der Waals surface area (Å²) in [5, 5.41) is 6.80. The van der Waals surface area contributed by atoms with Crippen LogP contribution in [0.15, 0.2) is 29.3 Å². The molecule has 2 aliphatic rings. The minimum Gasteiger partial charge on any atom is -0.494 e. The normalized spacial score (nSPS) is 25.2. The molecular weight excluding hydrogens is 238 g/mol. The van der Waals surface area contributed by atoms with E-state index in [1.165, 1.54) is 12.0 Å². The number of guanidine groups is 1. The van der Waals surface area contributed by atoms with Crippen LogP contribution in [0.3, 0.4) is 0 Å². The van der Waals surface area contributed by atoms with E-state index < -0.39 is 0 Å². The van der Waals surface area contributed by atoms with E-state index in [-0.39, 0.29) is 0 Å². The molecule has 1 aliphatic carbocycles. The number of nitrogens with zero attached hydrogens (tertiary/aromatic N) is 1. The van der Waals surface area contributed by atoms with Gasteiger partial charge in [0.1, 0.15) is 5.75 Å². The third-order valence-corrected chi connectivity index (χ3v) is 3.61. The van der Waals surface area contributed by atoms with E-state index in [1.54, 1.807) is 0 Å². The topological polar surface area (TPSA) is 45.6 Å². The largest absolute Gasteiger partial charge is 0.494 e. The molecule has 1 aliphatic heterocycles. The van der Waals surface area contributed by atoms with Gasteiger partial charge < -0.3 is 15.4 Å². The summed E-state index contributed by atoms with van der Waals surface area (Å²) in [4.78, 5) is 4.45. The van der Waals surface area contributed by atoms with E-state index in [0.29, 0.717) is 12.0 Å². The Balaban J connectivity index is 1.59. The van der Waals surface area contributed by atoms with Crippen LogP contribution in [0.1, 0.15) is 31.2 Å². The van der Waals surface area contributed by atoms with Crippen molar-refractivity contribution < 1.29 is 4.74 Å². The molecule has 0 aromatic heterocycles. The molecule has 1 saturated carbocycles. The van der Waals surface area contributed by atoms with Crippen LogP contribution in [0.5, 0.6) is 5.75 Å². The Kier molecular flexibility index (Phi) is 3.58. The first-order valence-corrected chi connectivity index (χ1v) is 7.14. The third-order valence-electron chi connectivity index (χ3n) is 3.61. The van der Waals surface area contributed by atoms with Gasteiger partial charge in [0.25, 0.3) is 0 Å². The fraction of sp³-hybridized carbons (Fsp3) is 0.533. The van der Waals surface area contributed by atoms with E-state index in [4.69, 9.17) is 4.74 Å². The lowest BCUT2D eigenvalue weighted by Gasteiger charge is -2.16. The fourth-order valence-corrected chi connectivity index (χ4v) is 2.53. The maximum atomic E-state index is 5.55. The predicted octanol–water partition coefficient (Wildman–Crippen LogP) is 1.88. The third kappa shape index (κ3) is 3.00. The molecule has 2 atom stereocenters. The molecule has 0 amide bonds. The molecule has 1 heterocycles. The van der Waals surface area contributed by atoms with E-state index >= 15 is 0 Å². The Labute approximate surface area is 114 Å². The van der Waals surface area contributed by atoms with Crippen molar-refractivity contribution in [3.05, 3.63) is 29.8 Å². The van der Waals surface area contributed by atoms with Crippen LogP contribution in [0.25, 0.3) is 0 Å². The number of hydrogen-bond acceptors (Lipinski definition) is 4. The first-order valence-electron chi connectivity index (χ1n) is 7.14. The molecule has 4 nitrogen and oxygen atoms in total. The second kappa shape index (κ2) is 5.51. The van der Waals surface area contributed by atoms with Gasteiger partial charge in [-0.2, -0.15) is 0 Å². The van der Waals surface area contributed by atoms with Crippen molar-refractivity contribution in [1.82, 2.24) is 10.6 Å². The second-order valence-electron chi connectivity index (χ2n) is 5.11. The molecule has 1 aromatic carbocycles. The van der Waals surface area contributed by atoms with Crippen molar-refractivity contribution in [2.24, 2.45) is 4.99 Å². The number of hydrogen-bond donors (Lipinski definition) is 2. The van der Waals surface area contributed by atoms with Crippen LogP contribution in [-0.4, -0.2) is 31.7 Å². The van der Waals surface area contributed by atoms with Gasteiger partial charge in [-0.05, 0) is 37.5 Å². The molecular formula is C15H21N3O. The van der Waals surface area contributed by atoms with Gasteiger partial charge >= 0.3 is 0 Å². The maximum Gasteiger partial charge on any atom is 0.191 e. The smallest absolute Gasteiger partial charge is 0.191 e. The highest BCUT2D eigenvalue weighted by Gasteiger charge is 2.39. The SMILES string of the molecule is CCOc1cccc([C@@H]2C[C@H]2NC2=NCCCN2)c1. The lowest BCUT2D eigenvalue weighted by atomic mass is 10.1. The van der Waals surface area contributed by atoms with Crippen LogP contribution in [0.4, 0.5) is 0 Å². The molecule has 3 rings (SSSR count). The molecule has 19 heavy (non-hydrogen) atoms. The summed E-state index contributed by atoms with van der Waals surface area (Å²) in [6.07, 6.45) is 2.31. The number of aliphatic imine (C=N–C) groups is 1. The quantitative estimate of drug-likeness (QED) is 0.868. The average Bonchev–Trinajstić information content (AvgIpc) is 3.20. The van der Waals surface area contributed by atoms with E-state index in [0.717, 1.165) is 37.8 Å². The molecule has 2 N–H and O–H groups in total. The van der Waals surface area contributed by atoms with Gasteiger partial charge in [-0.1, -0.05) is 12.1 Å². The lowest BCUT2D eigenvalue weighted by molar-refractivity contribution is 0.340. The fourth-order valence-electron chi connectivity index (χ4n) is 2.53. The molecule has 4 heteroatoms. The lowest BCUT2D eigenvalue weighted by Crippen LogP contribution is -2.42. The van der Waals surface area contributed by atoms with Crippen LogP contribution in [0.2, 0.25) is 0 Å². The first-order chi connectivity index (χ1) is 9.36. The number of ether oxygens (including phenoxy) is 1. The molecule has 0 bridgehead atoms. The summed E-state index contributed by atoms with van der Waals surface area (Å²) in [5.41, 5.74) is 1.36. The van der Waals surface area contributed by atoms with E-state index in [9.17, 15) is 0 Å². The highest BCUT2D eigenvalue weighted by Crippen LogP contribution is 2.41. The maximum absolute atomic E-state index is 5.55. The van der Waals surface area contributed by atoms with Crippen molar-refractivity contribution in [2.45, 2.75) is 31.7 Å². The molecule has 102 valence electrons. The second-order valence-corrected chi connectivity index (χ2v) is 5.11. The zero-order valence-corrected chi connectivity index (χ0v) is 11.4. The summed E-state index contributed by atoms with van der Waals surface area (Å²) < 4.78 is 5.55. The Morgan fingerprint density at radius 1 is 1.47 bits per heavy atom. The number of benzene rings is 1. The van der Waals surface area contributed by atoms with Crippen molar-refractivity contribution in [1.29, 1.82) is 0 Å². The van der Waals surface area contributed by atoms with Crippen LogP contribution < -0.4 is 15.4 Å². The van der Waals surface area contributed by atoms with Crippen molar-refractivity contribution in [3.63, 3.8) is 0 Å². The highest BCUT2D eigenvalue weighted by atomic mass is 16.5. The van der Waals surface area contributed by atoms with E-state index in [1.807, 2.05) is 13.0 Å². The molecule has 1 aromatic rings. The molecule has 0 spiro atoms. The van der Waals surface area contributed by atoms with Gasteiger partial charge in [0.15, 0.2) is 5.96 Å². The van der Waals surface area contributed by atoms with Crippen molar-refractivity contribution >= 4 is 5.96 Å². The minimum atomic E-state index is 0.515. The van der Waals surface area contributed by atoms with Crippen LogP contribution in [-0.2, 0) is 0 Å². The Morgan fingerprint density at radius 3 is 3.21 bits per heavy atom. The zero-order valence-electron chi connectivity index (χ0n) is 11.4. The van der Waals surface area contributed by atoms with Gasteiger partial charge in [0, 0.05) is 25.0 Å². The monoisotopic (exact) mass is 259 g/mol. The Morgan fingerprint density at radius 2 is 2.42 bits per heavy atom. The van der Waals surface area contributed by atoms with E-state index in [2.05, 4.69) is 33.8 Å². The van der Waals surface area contributed by atoms with Gasteiger partial charge in [-0.15, -0.1) is 0 Å². The Bertz CT molecular complexity index is 472. The van der Waals surface area contributed by atoms with Gasteiger partial charge in [-0.3, -0.25) is 4.99 Å². The predicted molar refractivity (Wildman–Crippen MR) is 76.8 cm³/mol. The molecule has 1 fully saturated rings. The molecule has 0 saturated heterocycles. The molecule has 0 unspecified atom stereocenters. The standard InChI is InChI=1S/C15H21N3O/c1-2-19-12-6-3-5-11(9-12)13-10-14(13)18-15-16-7-4-8-17-15/h3,5-6,9,13-14H,2,4,7-8,10H2,1H3,(H2,16,17,18)/t13-,14+/m0/s1. The minimum absolute atomic E-state index is 0.515. The zero-order chi connectivity index (χ0) is 13.1. The molecule has 0 radical (unpaired) electrons. The highest BCUT2D eigenvalue weighted by molar-refractivity contribution is 5.81. The first kappa shape index (κ1) is 12.3. The van der Waals surface area contributed by atoms with Gasteiger partial charge in [0.05, 0.1) is 6.61 Å². The van der Waals surface area contributed by atoms with Crippen molar-refractivity contribution in [3.8, 4) is 5.75 Å². The van der Waals surface area contributed by atoms with Crippen molar-refractivity contribution in [2.75, 3.05) is 19.7 Å². The number of rotatable bonds is 4. The summed E-state index contributed by atoms with van der Waals surface area (Å²) >= 11 is 0. The summed E-state index contributed by atoms with van der Waals surface area (Å²) in [5.74, 6) is 2.53. The summed E-state index contributed by atoms with van der Waals surface area (Å²) in [6.45, 7) is 4.70. The summed E-state index contributed by atoms with van der Waals surface area (Å²) in [7, 11) is 0. The average molecular weight is 259 g/mol. The van der Waals surface area contributed by atoms with Crippen LogP contribution in [0, 0.1) is 0 Å². The summed E-state index contributed by atoms with van der Waals surface area (Å²) in [6, 6.07) is 8.95. The van der Waals surface area contributed by atoms with Gasteiger partial charge in [0.2, 0.25) is 0 Å². The van der Waals surface area contributed by atoms with Gasteiger partial charge in [-0.25, -0.2) is 0 Å². The van der Waals surface area contributed by atoms with Crippen LogP contribution >= 0.6 is 0 Å².